The van der Waals surface area contributed by atoms with Crippen LogP contribution in [0.25, 0.3) is 0 Å². The van der Waals surface area contributed by atoms with Gasteiger partial charge in [0.05, 0.1) is 18.4 Å². The van der Waals surface area contributed by atoms with Crippen molar-refractivity contribution in [2.24, 2.45) is 0 Å². The van der Waals surface area contributed by atoms with Gasteiger partial charge < -0.3 is 9.64 Å². The van der Waals surface area contributed by atoms with Crippen molar-refractivity contribution in [3.63, 3.8) is 0 Å². The summed E-state index contributed by atoms with van der Waals surface area (Å²) in [5.41, 5.74) is 0.430. The first-order valence-corrected chi connectivity index (χ1v) is 10.2. The van der Waals surface area contributed by atoms with Crippen molar-refractivity contribution in [3.8, 4) is 5.75 Å². The molecule has 0 radical (unpaired) electrons. The molecule has 0 aliphatic carbocycles. The quantitative estimate of drug-likeness (QED) is 0.601. The van der Waals surface area contributed by atoms with Gasteiger partial charge in [-0.05, 0) is 31.4 Å². The van der Waals surface area contributed by atoms with Crippen molar-refractivity contribution in [2.45, 2.75) is 23.6 Å². The van der Waals surface area contributed by atoms with Crippen LogP contribution in [0, 0.1) is 0 Å². The van der Waals surface area contributed by atoms with Gasteiger partial charge in [-0.1, -0.05) is 35.2 Å². The lowest BCUT2D eigenvalue weighted by Crippen LogP contribution is -2.36. The minimum Gasteiger partial charge on any atom is -0.496 e. The Morgan fingerprint density at radius 2 is 2.00 bits per heavy atom. The summed E-state index contributed by atoms with van der Waals surface area (Å²) in [4.78, 5) is 26.4. The number of likely N-dealkylation sites (tertiary alicyclic amines) is 1. The second-order valence-electron chi connectivity index (χ2n) is 5.76. The molecule has 0 saturated carbocycles. The Morgan fingerprint density at radius 3 is 2.77 bits per heavy atom. The van der Waals surface area contributed by atoms with Crippen LogP contribution in [0.2, 0.25) is 0 Å². The van der Waals surface area contributed by atoms with Crippen LogP contribution in [-0.4, -0.2) is 52.9 Å². The Kier molecular flexibility index (Phi) is 6.45. The monoisotopic (exact) mass is 392 g/mol. The zero-order valence-corrected chi connectivity index (χ0v) is 16.1. The molecule has 1 aliphatic rings. The number of thioether (sulfide) groups is 1. The lowest BCUT2D eigenvalue weighted by molar-refractivity contribution is -0.129. The van der Waals surface area contributed by atoms with Crippen LogP contribution in [0.1, 0.15) is 29.6 Å². The molecular weight excluding hydrogens is 372 g/mol. The number of hydrogen-bond donors (Lipinski definition) is 1. The molecule has 0 bridgehead atoms. The summed E-state index contributed by atoms with van der Waals surface area (Å²) in [5, 5.41) is 11.1. The second kappa shape index (κ2) is 9.00. The highest BCUT2D eigenvalue weighted by molar-refractivity contribution is 8.01. The van der Waals surface area contributed by atoms with E-state index < -0.39 is 0 Å². The summed E-state index contributed by atoms with van der Waals surface area (Å²) in [6, 6.07) is 6.98. The van der Waals surface area contributed by atoms with Crippen LogP contribution >= 0.6 is 23.1 Å². The smallest absolute Gasteiger partial charge is 0.261 e. The summed E-state index contributed by atoms with van der Waals surface area (Å²) >= 11 is 2.61. The zero-order valence-electron chi connectivity index (χ0n) is 14.4. The van der Waals surface area contributed by atoms with Gasteiger partial charge in [0, 0.05) is 13.1 Å². The first-order chi connectivity index (χ1) is 12.7. The molecule has 2 aromatic rings. The highest BCUT2D eigenvalue weighted by atomic mass is 32.2. The van der Waals surface area contributed by atoms with Crippen molar-refractivity contribution >= 4 is 40.0 Å². The number of carbonyl (C=O) groups is 2. The van der Waals surface area contributed by atoms with Crippen LogP contribution in [0.15, 0.2) is 28.6 Å². The van der Waals surface area contributed by atoms with Gasteiger partial charge in [-0.2, -0.15) is 0 Å². The molecule has 0 unspecified atom stereocenters. The van der Waals surface area contributed by atoms with E-state index in [4.69, 9.17) is 4.74 Å². The summed E-state index contributed by atoms with van der Waals surface area (Å²) in [6.07, 6.45) is 3.35. The van der Waals surface area contributed by atoms with E-state index in [1.807, 2.05) is 4.90 Å². The van der Waals surface area contributed by atoms with Crippen molar-refractivity contribution < 1.29 is 14.3 Å². The maximum atomic E-state index is 12.4. The third-order valence-electron chi connectivity index (χ3n) is 4.01. The minimum atomic E-state index is -0.306. The Labute approximate surface area is 160 Å². The van der Waals surface area contributed by atoms with Gasteiger partial charge in [0.15, 0.2) is 4.34 Å². The molecule has 9 heteroatoms. The molecule has 1 aromatic carbocycles. The molecule has 26 heavy (non-hydrogen) atoms. The fraction of sp³-hybridized carbons (Fsp3) is 0.412. The number of amides is 2. The fourth-order valence-electron chi connectivity index (χ4n) is 2.67. The second-order valence-corrected chi connectivity index (χ2v) is 7.96. The van der Waals surface area contributed by atoms with Crippen LogP contribution in [0.3, 0.4) is 0 Å². The van der Waals surface area contributed by atoms with E-state index in [-0.39, 0.29) is 11.8 Å². The van der Waals surface area contributed by atoms with Crippen LogP contribution in [0.5, 0.6) is 5.75 Å². The number of methoxy groups -OCH3 is 1. The number of carbonyl (C=O) groups excluding carboxylic acids is 2. The average molecular weight is 393 g/mol. The van der Waals surface area contributed by atoms with Gasteiger partial charge in [-0.3, -0.25) is 14.9 Å². The highest BCUT2D eigenvalue weighted by Crippen LogP contribution is 2.27. The van der Waals surface area contributed by atoms with Crippen LogP contribution in [0.4, 0.5) is 5.13 Å². The predicted octanol–water partition coefficient (Wildman–Crippen LogP) is 2.90. The van der Waals surface area contributed by atoms with E-state index in [0.29, 0.717) is 26.5 Å². The van der Waals surface area contributed by atoms with Crippen molar-refractivity contribution in [1.82, 2.24) is 15.1 Å². The average Bonchev–Trinajstić information content (AvgIpc) is 3.14. The van der Waals surface area contributed by atoms with Gasteiger partial charge in [-0.15, -0.1) is 10.2 Å². The first-order valence-electron chi connectivity index (χ1n) is 8.36. The Balaban J connectivity index is 1.54. The fourth-order valence-corrected chi connectivity index (χ4v) is 4.32. The lowest BCUT2D eigenvalue weighted by Gasteiger charge is -2.26. The summed E-state index contributed by atoms with van der Waals surface area (Å²) in [6.45, 7) is 1.69. The SMILES string of the molecule is COc1ccccc1C(=O)Nc1nnc(SCC(=O)N2CCCCC2)s1. The predicted molar refractivity (Wildman–Crippen MR) is 102 cm³/mol. The maximum Gasteiger partial charge on any atom is 0.261 e. The molecule has 138 valence electrons. The molecule has 1 N–H and O–H groups in total. The van der Waals surface area contributed by atoms with Gasteiger partial charge in [0.25, 0.3) is 5.91 Å². The number of rotatable bonds is 6. The number of ether oxygens (including phenoxy) is 1. The number of hydrogen-bond acceptors (Lipinski definition) is 7. The normalized spacial score (nSPS) is 14.1. The lowest BCUT2D eigenvalue weighted by atomic mass is 10.1. The number of benzene rings is 1. The van der Waals surface area contributed by atoms with Gasteiger partial charge in [0.2, 0.25) is 11.0 Å². The first kappa shape index (κ1) is 18.7. The zero-order chi connectivity index (χ0) is 18.4. The van der Waals surface area contributed by atoms with E-state index in [9.17, 15) is 9.59 Å². The van der Waals surface area contributed by atoms with Crippen molar-refractivity contribution in [2.75, 3.05) is 31.3 Å². The Bertz CT molecular complexity index is 775. The molecule has 1 saturated heterocycles. The Morgan fingerprint density at radius 1 is 1.23 bits per heavy atom. The molecule has 1 fully saturated rings. The van der Waals surface area contributed by atoms with Crippen LogP contribution < -0.4 is 10.1 Å². The molecule has 7 nitrogen and oxygen atoms in total. The Hall–Kier alpha value is -2.13. The number of nitrogens with one attached hydrogen (secondary N) is 1. The van der Waals surface area contributed by atoms with Gasteiger partial charge in [0.1, 0.15) is 5.75 Å². The number of aromatic nitrogens is 2. The van der Waals surface area contributed by atoms with Gasteiger partial charge in [-0.25, -0.2) is 0 Å². The minimum absolute atomic E-state index is 0.129. The van der Waals surface area contributed by atoms with E-state index in [0.717, 1.165) is 25.9 Å². The summed E-state index contributed by atoms with van der Waals surface area (Å²) < 4.78 is 5.85. The van der Waals surface area contributed by atoms with E-state index in [1.54, 1.807) is 24.3 Å². The number of para-hydroxylation sites is 1. The number of anilines is 1. The third-order valence-corrected chi connectivity index (χ3v) is 5.96. The molecule has 1 aromatic heterocycles. The van der Waals surface area contributed by atoms with Crippen molar-refractivity contribution in [1.29, 1.82) is 0 Å². The number of nitrogens with zero attached hydrogens (tertiary/aromatic N) is 3. The topological polar surface area (TPSA) is 84.4 Å². The van der Waals surface area contributed by atoms with Crippen LogP contribution in [-0.2, 0) is 4.79 Å². The van der Waals surface area contributed by atoms with Crippen molar-refractivity contribution in [3.05, 3.63) is 29.8 Å². The van der Waals surface area contributed by atoms with Gasteiger partial charge >= 0.3 is 0 Å². The highest BCUT2D eigenvalue weighted by Gasteiger charge is 2.18. The molecule has 2 heterocycles. The maximum absolute atomic E-state index is 12.4. The number of piperidine rings is 1. The summed E-state index contributed by atoms with van der Waals surface area (Å²) in [5.74, 6) is 0.662. The molecule has 1 aliphatic heterocycles. The molecule has 3 rings (SSSR count). The largest absolute Gasteiger partial charge is 0.496 e. The van der Waals surface area contributed by atoms with E-state index >= 15 is 0 Å². The molecular formula is C17H20N4O3S2. The van der Waals surface area contributed by atoms with E-state index in [1.165, 1.54) is 36.6 Å². The molecule has 0 spiro atoms. The molecule has 0 atom stereocenters. The van der Waals surface area contributed by atoms with E-state index in [2.05, 4.69) is 15.5 Å². The third kappa shape index (κ3) is 4.73. The molecule has 2 amide bonds. The standard InChI is InChI=1S/C17H20N4O3S2/c1-24-13-8-4-3-7-12(13)15(23)18-16-19-20-17(26-16)25-11-14(22)21-9-5-2-6-10-21/h3-4,7-8H,2,5-6,9-11H2,1H3,(H,18,19,23). The summed E-state index contributed by atoms with van der Waals surface area (Å²) in [7, 11) is 1.52.